The molecule has 0 spiro atoms. The Morgan fingerprint density at radius 3 is 2.73 bits per heavy atom. The lowest BCUT2D eigenvalue weighted by Crippen LogP contribution is -2.24. The van der Waals surface area contributed by atoms with Crippen molar-refractivity contribution in [2.45, 2.75) is 38.1 Å². The average Bonchev–Trinajstić information content (AvgIpc) is 2.59. The molecule has 0 aliphatic heterocycles. The summed E-state index contributed by atoms with van der Waals surface area (Å²) < 4.78 is 1.66. The van der Waals surface area contributed by atoms with Gasteiger partial charge in [0, 0.05) is 12.1 Å². The molecule has 1 fully saturated rings. The van der Waals surface area contributed by atoms with Crippen molar-refractivity contribution >= 4 is 16.7 Å². The maximum absolute atomic E-state index is 12.5. The van der Waals surface area contributed by atoms with E-state index in [-0.39, 0.29) is 17.3 Å². The van der Waals surface area contributed by atoms with Gasteiger partial charge in [0.15, 0.2) is 0 Å². The molecule has 0 radical (unpaired) electrons. The van der Waals surface area contributed by atoms with Crippen LogP contribution in [-0.2, 0) is 0 Å². The highest BCUT2D eigenvalue weighted by atomic mass is 16.6. The van der Waals surface area contributed by atoms with Crippen LogP contribution >= 0.6 is 0 Å². The molecule has 1 aliphatic carbocycles. The summed E-state index contributed by atoms with van der Waals surface area (Å²) in [6.07, 6.45) is 4.95. The van der Waals surface area contributed by atoms with E-state index in [0.29, 0.717) is 17.0 Å². The SMILES string of the molecule is CC(c1cccc(C2CCC2)c1)n1c(=O)cnc2cc([N+](=O)[O-])ccc21. The first-order valence-corrected chi connectivity index (χ1v) is 8.80. The number of rotatable bonds is 4. The topological polar surface area (TPSA) is 78.0 Å². The summed E-state index contributed by atoms with van der Waals surface area (Å²) in [5.74, 6) is 0.621. The maximum Gasteiger partial charge on any atom is 0.271 e. The number of hydrogen-bond donors (Lipinski definition) is 0. The fourth-order valence-electron chi connectivity index (χ4n) is 3.60. The van der Waals surface area contributed by atoms with E-state index in [4.69, 9.17) is 0 Å². The van der Waals surface area contributed by atoms with Gasteiger partial charge in [-0.15, -0.1) is 0 Å². The van der Waals surface area contributed by atoms with Crippen LogP contribution in [0.2, 0.25) is 0 Å². The monoisotopic (exact) mass is 349 g/mol. The Balaban J connectivity index is 1.81. The van der Waals surface area contributed by atoms with Gasteiger partial charge in [-0.2, -0.15) is 0 Å². The summed E-state index contributed by atoms with van der Waals surface area (Å²) in [6.45, 7) is 1.97. The van der Waals surface area contributed by atoms with Crippen molar-refractivity contribution in [1.82, 2.24) is 9.55 Å². The largest absolute Gasteiger partial charge is 0.298 e. The van der Waals surface area contributed by atoms with E-state index in [1.54, 1.807) is 10.6 Å². The number of hydrogen-bond acceptors (Lipinski definition) is 4. The zero-order valence-electron chi connectivity index (χ0n) is 14.5. The van der Waals surface area contributed by atoms with Crippen molar-refractivity contribution in [3.05, 3.63) is 80.3 Å². The number of nitro groups is 1. The van der Waals surface area contributed by atoms with Gasteiger partial charge in [0.05, 0.1) is 28.2 Å². The van der Waals surface area contributed by atoms with Crippen LogP contribution in [-0.4, -0.2) is 14.5 Å². The molecule has 1 heterocycles. The van der Waals surface area contributed by atoms with Crippen molar-refractivity contribution in [3.8, 4) is 0 Å². The third-order valence-electron chi connectivity index (χ3n) is 5.34. The van der Waals surface area contributed by atoms with Crippen molar-refractivity contribution in [2.24, 2.45) is 0 Å². The van der Waals surface area contributed by atoms with Crippen LogP contribution in [0, 0.1) is 10.1 Å². The van der Waals surface area contributed by atoms with Crippen LogP contribution in [0.4, 0.5) is 5.69 Å². The minimum absolute atomic E-state index is 0.0326. The predicted molar refractivity (Wildman–Crippen MR) is 99.5 cm³/mol. The molecule has 2 aromatic carbocycles. The highest BCUT2D eigenvalue weighted by Gasteiger charge is 2.21. The Labute approximate surface area is 150 Å². The van der Waals surface area contributed by atoms with Gasteiger partial charge in [-0.25, -0.2) is 4.98 Å². The first kappa shape index (κ1) is 16.4. The van der Waals surface area contributed by atoms with Crippen LogP contribution in [0.15, 0.2) is 53.5 Å². The molecule has 0 saturated heterocycles. The Kier molecular flexibility index (Phi) is 4.03. The summed E-state index contributed by atoms with van der Waals surface area (Å²) in [7, 11) is 0. The lowest BCUT2D eigenvalue weighted by atomic mass is 9.79. The van der Waals surface area contributed by atoms with E-state index in [0.717, 1.165) is 5.56 Å². The van der Waals surface area contributed by atoms with Gasteiger partial charge in [0.1, 0.15) is 0 Å². The second-order valence-electron chi connectivity index (χ2n) is 6.87. The Bertz CT molecular complexity index is 1050. The summed E-state index contributed by atoms with van der Waals surface area (Å²) in [4.78, 5) is 27.2. The molecule has 6 nitrogen and oxygen atoms in total. The molecule has 1 saturated carbocycles. The second-order valence-corrected chi connectivity index (χ2v) is 6.87. The van der Waals surface area contributed by atoms with Crippen LogP contribution in [0.3, 0.4) is 0 Å². The van der Waals surface area contributed by atoms with E-state index in [9.17, 15) is 14.9 Å². The van der Waals surface area contributed by atoms with Gasteiger partial charge < -0.3 is 0 Å². The zero-order valence-corrected chi connectivity index (χ0v) is 14.5. The second kappa shape index (κ2) is 6.37. The van der Waals surface area contributed by atoms with E-state index in [1.807, 2.05) is 19.1 Å². The highest BCUT2D eigenvalue weighted by molar-refractivity contribution is 5.77. The van der Waals surface area contributed by atoms with Crippen LogP contribution in [0.25, 0.3) is 11.0 Å². The molecule has 0 amide bonds. The van der Waals surface area contributed by atoms with Gasteiger partial charge in [0.2, 0.25) is 0 Å². The molecule has 1 unspecified atom stereocenters. The summed E-state index contributed by atoms with van der Waals surface area (Å²) >= 11 is 0. The summed E-state index contributed by atoms with van der Waals surface area (Å²) in [5, 5.41) is 11.0. The lowest BCUT2D eigenvalue weighted by molar-refractivity contribution is -0.384. The first-order valence-electron chi connectivity index (χ1n) is 8.80. The third-order valence-corrected chi connectivity index (χ3v) is 5.34. The molecular formula is C20H19N3O3. The highest BCUT2D eigenvalue weighted by Crippen LogP contribution is 2.37. The van der Waals surface area contributed by atoms with Crippen LogP contribution in [0.1, 0.15) is 49.3 Å². The Morgan fingerprint density at radius 1 is 1.23 bits per heavy atom. The molecule has 1 atom stereocenters. The van der Waals surface area contributed by atoms with Gasteiger partial charge in [-0.3, -0.25) is 19.5 Å². The molecule has 0 N–H and O–H groups in total. The summed E-state index contributed by atoms with van der Waals surface area (Å²) in [5.41, 5.74) is 3.18. The smallest absolute Gasteiger partial charge is 0.271 e. The molecule has 3 aromatic rings. The standard InChI is InChI=1S/C20H19N3O3/c1-13(15-6-3-7-16(10-15)14-4-2-5-14)22-19-9-8-17(23(25)26)11-18(19)21-12-20(22)24/h3,6-14H,2,4-5H2,1H3. The zero-order chi connectivity index (χ0) is 18.3. The third kappa shape index (κ3) is 2.77. The fraction of sp³-hybridized carbons (Fsp3) is 0.300. The molecule has 4 rings (SSSR count). The number of nitrogens with zero attached hydrogens (tertiary/aromatic N) is 3. The molecule has 0 bridgehead atoms. The quantitative estimate of drug-likeness (QED) is 0.523. The van der Waals surface area contributed by atoms with Crippen molar-refractivity contribution in [1.29, 1.82) is 0 Å². The Morgan fingerprint density at radius 2 is 2.04 bits per heavy atom. The molecule has 1 aliphatic rings. The van der Waals surface area contributed by atoms with Gasteiger partial charge in [-0.1, -0.05) is 30.7 Å². The van der Waals surface area contributed by atoms with Crippen molar-refractivity contribution < 1.29 is 4.92 Å². The number of non-ortho nitro benzene ring substituents is 1. The Hall–Kier alpha value is -3.02. The van der Waals surface area contributed by atoms with E-state index in [2.05, 4.69) is 17.1 Å². The van der Waals surface area contributed by atoms with Gasteiger partial charge in [0.25, 0.3) is 11.2 Å². The predicted octanol–water partition coefficient (Wildman–Crippen LogP) is 4.18. The van der Waals surface area contributed by atoms with Crippen LogP contribution in [0.5, 0.6) is 0 Å². The number of aromatic nitrogens is 2. The number of fused-ring (bicyclic) bond motifs is 1. The fourth-order valence-corrected chi connectivity index (χ4v) is 3.60. The first-order chi connectivity index (χ1) is 12.5. The van der Waals surface area contributed by atoms with E-state index >= 15 is 0 Å². The minimum Gasteiger partial charge on any atom is -0.298 e. The van der Waals surface area contributed by atoms with Gasteiger partial charge in [-0.05, 0) is 42.9 Å². The molecular weight excluding hydrogens is 330 g/mol. The van der Waals surface area contributed by atoms with Crippen molar-refractivity contribution in [2.75, 3.05) is 0 Å². The molecule has 132 valence electrons. The van der Waals surface area contributed by atoms with Crippen LogP contribution < -0.4 is 5.56 Å². The van der Waals surface area contributed by atoms with E-state index < -0.39 is 4.92 Å². The lowest BCUT2D eigenvalue weighted by Gasteiger charge is -2.27. The molecule has 26 heavy (non-hydrogen) atoms. The summed E-state index contributed by atoms with van der Waals surface area (Å²) in [6, 6.07) is 12.6. The minimum atomic E-state index is -0.456. The van der Waals surface area contributed by atoms with Gasteiger partial charge >= 0.3 is 0 Å². The van der Waals surface area contributed by atoms with Crippen molar-refractivity contribution in [3.63, 3.8) is 0 Å². The molecule has 1 aromatic heterocycles. The number of nitro benzene ring substituents is 1. The number of benzene rings is 2. The maximum atomic E-state index is 12.5. The average molecular weight is 349 g/mol. The molecule has 6 heteroatoms. The van der Waals surface area contributed by atoms with E-state index in [1.165, 1.54) is 43.2 Å². The normalized spacial score (nSPS) is 15.6.